The molecule has 7 nitrogen and oxygen atoms in total. The van der Waals surface area contributed by atoms with E-state index in [-0.39, 0.29) is 4.90 Å². The summed E-state index contributed by atoms with van der Waals surface area (Å²) in [6.45, 7) is 2.78. The smallest absolute Gasteiger partial charge is 0.243 e. The number of sulfonamides is 1. The number of fused-ring (bicyclic) bond motifs is 2. The maximum absolute atomic E-state index is 12.8. The summed E-state index contributed by atoms with van der Waals surface area (Å²) in [6.07, 6.45) is 0. The molecule has 0 amide bonds. The SMILES string of the molecule is C[C@@H](NS(=O)(=O)c1cccc2nsnc12)c1ccc2c(c1)OCCO2. The van der Waals surface area contributed by atoms with E-state index in [0.29, 0.717) is 35.7 Å². The highest BCUT2D eigenvalue weighted by molar-refractivity contribution is 7.89. The highest BCUT2D eigenvalue weighted by Crippen LogP contribution is 2.33. The van der Waals surface area contributed by atoms with Crippen LogP contribution in [0.15, 0.2) is 41.3 Å². The molecule has 1 aromatic heterocycles. The van der Waals surface area contributed by atoms with Gasteiger partial charge in [-0.05, 0) is 36.8 Å². The van der Waals surface area contributed by atoms with Crippen molar-refractivity contribution in [2.24, 2.45) is 0 Å². The van der Waals surface area contributed by atoms with Gasteiger partial charge in [0, 0.05) is 6.04 Å². The van der Waals surface area contributed by atoms with Gasteiger partial charge in [0.25, 0.3) is 0 Å². The number of nitrogens with one attached hydrogen (secondary N) is 1. The lowest BCUT2D eigenvalue weighted by Gasteiger charge is -2.21. The fraction of sp³-hybridized carbons (Fsp3) is 0.250. The van der Waals surface area contributed by atoms with E-state index in [1.54, 1.807) is 31.2 Å². The molecule has 4 rings (SSSR count). The number of rotatable bonds is 4. The molecular weight excluding hydrogens is 362 g/mol. The molecule has 130 valence electrons. The predicted molar refractivity (Wildman–Crippen MR) is 93.6 cm³/mol. The first-order chi connectivity index (χ1) is 12.0. The average Bonchev–Trinajstić information content (AvgIpc) is 3.09. The van der Waals surface area contributed by atoms with Gasteiger partial charge in [0.05, 0.1) is 11.7 Å². The highest BCUT2D eigenvalue weighted by Gasteiger charge is 2.23. The molecule has 1 N–H and O–H groups in total. The Hall–Kier alpha value is -2.23. The zero-order valence-electron chi connectivity index (χ0n) is 13.3. The third-order valence-corrected chi connectivity index (χ3v) is 6.05. The maximum Gasteiger partial charge on any atom is 0.243 e. The Morgan fingerprint density at radius 2 is 1.92 bits per heavy atom. The summed E-state index contributed by atoms with van der Waals surface area (Å²) in [5.41, 5.74) is 1.74. The third-order valence-electron chi connectivity index (χ3n) is 3.94. The van der Waals surface area contributed by atoms with E-state index < -0.39 is 16.1 Å². The van der Waals surface area contributed by atoms with Crippen molar-refractivity contribution < 1.29 is 17.9 Å². The Kier molecular flexibility index (Phi) is 4.06. The Morgan fingerprint density at radius 3 is 2.76 bits per heavy atom. The number of aromatic nitrogens is 2. The van der Waals surface area contributed by atoms with Crippen LogP contribution in [0.25, 0.3) is 11.0 Å². The van der Waals surface area contributed by atoms with Gasteiger partial charge < -0.3 is 9.47 Å². The van der Waals surface area contributed by atoms with E-state index in [4.69, 9.17) is 9.47 Å². The van der Waals surface area contributed by atoms with Crippen molar-refractivity contribution in [3.63, 3.8) is 0 Å². The topological polar surface area (TPSA) is 90.4 Å². The summed E-state index contributed by atoms with van der Waals surface area (Å²) in [6, 6.07) is 9.90. The van der Waals surface area contributed by atoms with Crippen molar-refractivity contribution in [2.75, 3.05) is 13.2 Å². The van der Waals surface area contributed by atoms with Gasteiger partial charge in [-0.25, -0.2) is 13.1 Å². The van der Waals surface area contributed by atoms with Crippen LogP contribution in [0.5, 0.6) is 11.5 Å². The normalized spacial score (nSPS) is 15.2. The second kappa shape index (κ2) is 6.25. The van der Waals surface area contributed by atoms with E-state index in [1.165, 1.54) is 6.07 Å². The monoisotopic (exact) mass is 377 g/mol. The number of hydrogen-bond acceptors (Lipinski definition) is 7. The molecule has 1 atom stereocenters. The molecule has 0 saturated heterocycles. The van der Waals surface area contributed by atoms with Crippen molar-refractivity contribution >= 4 is 32.8 Å². The lowest BCUT2D eigenvalue weighted by atomic mass is 10.1. The third kappa shape index (κ3) is 3.06. The molecule has 2 aromatic carbocycles. The number of nitrogens with zero attached hydrogens (tertiary/aromatic N) is 2. The van der Waals surface area contributed by atoms with Gasteiger partial charge in [-0.1, -0.05) is 12.1 Å². The fourth-order valence-electron chi connectivity index (χ4n) is 2.69. The summed E-state index contributed by atoms with van der Waals surface area (Å²) in [4.78, 5) is 0.128. The molecule has 2 heterocycles. The van der Waals surface area contributed by atoms with Gasteiger partial charge in [-0.2, -0.15) is 8.75 Å². The zero-order valence-corrected chi connectivity index (χ0v) is 14.9. The number of ether oxygens (including phenoxy) is 2. The molecule has 0 unspecified atom stereocenters. The van der Waals surface area contributed by atoms with Crippen LogP contribution in [-0.2, 0) is 10.0 Å². The quantitative estimate of drug-likeness (QED) is 0.751. The predicted octanol–water partition coefficient (Wildman–Crippen LogP) is 2.50. The largest absolute Gasteiger partial charge is 0.486 e. The summed E-state index contributed by atoms with van der Waals surface area (Å²) >= 11 is 0.991. The molecule has 0 fully saturated rings. The molecule has 9 heteroatoms. The first-order valence-corrected chi connectivity index (χ1v) is 9.89. The first kappa shape index (κ1) is 16.2. The molecule has 0 saturated carbocycles. The average molecular weight is 377 g/mol. The molecule has 3 aromatic rings. The van der Waals surface area contributed by atoms with Gasteiger partial charge in [-0.15, -0.1) is 0 Å². The summed E-state index contributed by atoms with van der Waals surface area (Å²) in [5.74, 6) is 1.30. The van der Waals surface area contributed by atoms with Crippen LogP contribution in [0, 0.1) is 0 Å². The highest BCUT2D eigenvalue weighted by atomic mass is 32.2. The molecule has 25 heavy (non-hydrogen) atoms. The van der Waals surface area contributed by atoms with Crippen LogP contribution >= 0.6 is 11.7 Å². The molecule has 1 aliphatic heterocycles. The maximum atomic E-state index is 12.8. The summed E-state index contributed by atoms with van der Waals surface area (Å²) < 4.78 is 47.5. The van der Waals surface area contributed by atoms with Gasteiger partial charge in [0.1, 0.15) is 29.1 Å². The molecule has 1 aliphatic rings. The van der Waals surface area contributed by atoms with Crippen molar-refractivity contribution in [1.82, 2.24) is 13.5 Å². The van der Waals surface area contributed by atoms with E-state index in [9.17, 15) is 8.42 Å². The van der Waals surface area contributed by atoms with Crippen LogP contribution in [0.2, 0.25) is 0 Å². The van der Waals surface area contributed by atoms with Crippen molar-refractivity contribution in [3.8, 4) is 11.5 Å². The second-order valence-electron chi connectivity index (χ2n) is 5.63. The first-order valence-electron chi connectivity index (χ1n) is 7.68. The second-order valence-corrected chi connectivity index (χ2v) is 7.85. The summed E-state index contributed by atoms with van der Waals surface area (Å²) in [5, 5.41) is 0. The standard InChI is InChI=1S/C16H15N3O4S2/c1-10(11-5-6-13-14(9-11)23-8-7-22-13)19-25(20,21)15-4-2-3-12-16(15)18-24-17-12/h2-6,9-10,19H,7-8H2,1H3/t10-/m1/s1. The minimum absolute atomic E-state index is 0.128. The lowest BCUT2D eigenvalue weighted by Crippen LogP contribution is -2.27. The Bertz CT molecular complexity index is 1030. The van der Waals surface area contributed by atoms with Crippen LogP contribution in [0.1, 0.15) is 18.5 Å². The molecule has 0 bridgehead atoms. The van der Waals surface area contributed by atoms with Crippen LogP contribution in [0.3, 0.4) is 0 Å². The minimum atomic E-state index is -3.74. The van der Waals surface area contributed by atoms with E-state index in [1.807, 2.05) is 6.07 Å². The van der Waals surface area contributed by atoms with Crippen molar-refractivity contribution in [3.05, 3.63) is 42.0 Å². The van der Waals surface area contributed by atoms with Crippen LogP contribution in [-0.4, -0.2) is 30.4 Å². The van der Waals surface area contributed by atoms with E-state index in [0.717, 1.165) is 17.3 Å². The van der Waals surface area contributed by atoms with Crippen molar-refractivity contribution in [2.45, 2.75) is 17.9 Å². The molecular formula is C16H15N3O4S2. The zero-order chi connectivity index (χ0) is 17.4. The van der Waals surface area contributed by atoms with Gasteiger partial charge in [-0.3, -0.25) is 0 Å². The molecule has 0 spiro atoms. The van der Waals surface area contributed by atoms with E-state index in [2.05, 4.69) is 13.5 Å². The van der Waals surface area contributed by atoms with Gasteiger partial charge in [0.15, 0.2) is 11.5 Å². The van der Waals surface area contributed by atoms with Crippen LogP contribution in [0.4, 0.5) is 0 Å². The fourth-order valence-corrected chi connectivity index (χ4v) is 4.69. The molecule has 0 radical (unpaired) electrons. The Balaban J connectivity index is 1.63. The Morgan fingerprint density at radius 1 is 1.12 bits per heavy atom. The minimum Gasteiger partial charge on any atom is -0.486 e. The lowest BCUT2D eigenvalue weighted by molar-refractivity contribution is 0.171. The van der Waals surface area contributed by atoms with Gasteiger partial charge >= 0.3 is 0 Å². The number of benzene rings is 2. The summed E-state index contributed by atoms with van der Waals surface area (Å²) in [7, 11) is -3.74. The van der Waals surface area contributed by atoms with Crippen molar-refractivity contribution in [1.29, 1.82) is 0 Å². The van der Waals surface area contributed by atoms with Crippen LogP contribution < -0.4 is 14.2 Å². The van der Waals surface area contributed by atoms with Gasteiger partial charge in [0.2, 0.25) is 10.0 Å². The molecule has 0 aliphatic carbocycles. The van der Waals surface area contributed by atoms with E-state index >= 15 is 0 Å². The number of hydrogen-bond donors (Lipinski definition) is 1. The Labute approximate surface area is 149 Å².